The number of rotatable bonds is 5. The van der Waals surface area contributed by atoms with Crippen molar-refractivity contribution in [3.8, 4) is 0 Å². The first-order chi connectivity index (χ1) is 12.1. The van der Waals surface area contributed by atoms with Crippen molar-refractivity contribution >= 4 is 28.4 Å². The number of amides is 2. The zero-order valence-corrected chi connectivity index (χ0v) is 13.7. The lowest BCUT2D eigenvalue weighted by atomic mass is 10.2. The summed E-state index contributed by atoms with van der Waals surface area (Å²) >= 11 is 0. The number of aliphatic hydroxyl groups excluding tert-OH is 1. The van der Waals surface area contributed by atoms with Gasteiger partial charge in [-0.25, -0.2) is 0 Å². The summed E-state index contributed by atoms with van der Waals surface area (Å²) in [6.45, 7) is 2.73. The minimum Gasteiger partial charge on any atom is -0.467 e. The van der Waals surface area contributed by atoms with E-state index in [1.807, 2.05) is 35.9 Å². The number of benzene rings is 1. The van der Waals surface area contributed by atoms with Crippen LogP contribution in [0.5, 0.6) is 0 Å². The van der Waals surface area contributed by atoms with E-state index in [4.69, 9.17) is 4.42 Å². The fourth-order valence-corrected chi connectivity index (χ4v) is 2.58. The molecular weight excluding hydrogens is 322 g/mol. The van der Waals surface area contributed by atoms with Gasteiger partial charge in [0.25, 0.3) is 0 Å². The summed E-state index contributed by atoms with van der Waals surface area (Å²) in [5, 5.41) is 15.8. The maximum absolute atomic E-state index is 12.0. The molecule has 0 spiro atoms. The zero-order chi connectivity index (χ0) is 17.8. The van der Waals surface area contributed by atoms with E-state index >= 15 is 0 Å². The quantitative estimate of drug-likeness (QED) is 0.619. The molecule has 2 aromatic heterocycles. The van der Waals surface area contributed by atoms with E-state index in [1.54, 1.807) is 18.2 Å². The van der Waals surface area contributed by atoms with Crippen LogP contribution in [0.3, 0.4) is 0 Å². The summed E-state index contributed by atoms with van der Waals surface area (Å²) in [5.74, 6) is -1.29. The minimum atomic E-state index is -1.00. The molecule has 2 amide bonds. The van der Waals surface area contributed by atoms with Crippen LogP contribution in [-0.4, -0.2) is 28.0 Å². The molecule has 0 aliphatic carbocycles. The highest BCUT2D eigenvalue weighted by atomic mass is 16.4. The Morgan fingerprint density at radius 2 is 2.08 bits per heavy atom. The van der Waals surface area contributed by atoms with Crippen LogP contribution in [0.15, 0.2) is 53.3 Å². The number of fused-ring (bicyclic) bond motifs is 1. The Morgan fingerprint density at radius 1 is 1.24 bits per heavy atom. The zero-order valence-electron chi connectivity index (χ0n) is 13.7. The highest BCUT2D eigenvalue weighted by Crippen LogP contribution is 2.20. The largest absolute Gasteiger partial charge is 0.467 e. The molecule has 1 atom stereocenters. The maximum Gasteiger partial charge on any atom is 0.313 e. The van der Waals surface area contributed by atoms with Crippen molar-refractivity contribution in [2.24, 2.45) is 0 Å². The number of carbonyl (C=O) groups is 2. The average Bonchev–Trinajstić information content (AvgIpc) is 3.28. The number of aryl methyl sites for hydroxylation is 1. The first-order valence-electron chi connectivity index (χ1n) is 7.98. The molecule has 7 heteroatoms. The Bertz CT molecular complexity index is 883. The molecule has 0 saturated heterocycles. The number of nitrogens with one attached hydrogen (secondary N) is 2. The third-order valence-corrected chi connectivity index (χ3v) is 3.91. The van der Waals surface area contributed by atoms with Gasteiger partial charge in [0.2, 0.25) is 0 Å². The smallest absolute Gasteiger partial charge is 0.313 e. The Labute approximate surface area is 144 Å². The van der Waals surface area contributed by atoms with Crippen molar-refractivity contribution < 1.29 is 19.1 Å². The molecule has 130 valence electrons. The molecule has 0 saturated carbocycles. The van der Waals surface area contributed by atoms with Gasteiger partial charge in [0, 0.05) is 18.4 Å². The standard InChI is InChI=1S/C18H19N3O4/c1-2-21-8-7-12-5-6-13(10-14(12)21)20-18(24)17(23)19-11-15(22)16-4-3-9-25-16/h3-10,15,22H,2,11H2,1H3,(H,19,23)(H,20,24). The van der Waals surface area contributed by atoms with Gasteiger partial charge < -0.3 is 24.7 Å². The highest BCUT2D eigenvalue weighted by Gasteiger charge is 2.17. The van der Waals surface area contributed by atoms with Crippen molar-refractivity contribution in [3.05, 3.63) is 54.6 Å². The Kier molecular flexibility index (Phi) is 4.85. The molecule has 1 unspecified atom stereocenters. The van der Waals surface area contributed by atoms with Gasteiger partial charge in [0.05, 0.1) is 18.3 Å². The molecule has 25 heavy (non-hydrogen) atoms. The van der Waals surface area contributed by atoms with Crippen molar-refractivity contribution in [3.63, 3.8) is 0 Å². The molecule has 0 radical (unpaired) electrons. The van der Waals surface area contributed by atoms with Gasteiger partial charge in [0.1, 0.15) is 11.9 Å². The molecule has 3 aromatic rings. The van der Waals surface area contributed by atoms with E-state index in [2.05, 4.69) is 10.6 Å². The van der Waals surface area contributed by atoms with Gasteiger partial charge in [-0.1, -0.05) is 6.07 Å². The van der Waals surface area contributed by atoms with E-state index in [9.17, 15) is 14.7 Å². The first kappa shape index (κ1) is 16.8. The molecule has 0 aliphatic heterocycles. The molecule has 3 N–H and O–H groups in total. The number of nitrogens with zero attached hydrogens (tertiary/aromatic N) is 1. The SMILES string of the molecule is CCn1ccc2ccc(NC(=O)C(=O)NCC(O)c3ccco3)cc21. The highest BCUT2D eigenvalue weighted by molar-refractivity contribution is 6.39. The third kappa shape index (κ3) is 3.72. The van der Waals surface area contributed by atoms with Gasteiger partial charge >= 0.3 is 11.8 Å². The second kappa shape index (κ2) is 7.23. The lowest BCUT2D eigenvalue weighted by molar-refractivity contribution is -0.136. The molecule has 0 fully saturated rings. The van der Waals surface area contributed by atoms with E-state index < -0.39 is 17.9 Å². The molecule has 0 bridgehead atoms. The van der Waals surface area contributed by atoms with Gasteiger partial charge in [-0.3, -0.25) is 9.59 Å². The lowest BCUT2D eigenvalue weighted by Crippen LogP contribution is -2.37. The molecule has 1 aromatic carbocycles. The van der Waals surface area contributed by atoms with E-state index in [1.165, 1.54) is 6.26 Å². The van der Waals surface area contributed by atoms with Crippen molar-refractivity contribution in [1.29, 1.82) is 0 Å². The molecule has 7 nitrogen and oxygen atoms in total. The van der Waals surface area contributed by atoms with Crippen LogP contribution in [0.2, 0.25) is 0 Å². The number of furan rings is 1. The lowest BCUT2D eigenvalue weighted by Gasteiger charge is -2.10. The van der Waals surface area contributed by atoms with Crippen LogP contribution in [0.1, 0.15) is 18.8 Å². The summed E-state index contributed by atoms with van der Waals surface area (Å²) < 4.78 is 7.08. The minimum absolute atomic E-state index is 0.114. The monoisotopic (exact) mass is 341 g/mol. The topological polar surface area (TPSA) is 96.5 Å². The molecule has 2 heterocycles. The van der Waals surface area contributed by atoms with E-state index in [0.29, 0.717) is 11.4 Å². The van der Waals surface area contributed by atoms with Crippen LogP contribution < -0.4 is 10.6 Å². The number of hydrogen-bond acceptors (Lipinski definition) is 4. The number of hydrogen-bond donors (Lipinski definition) is 3. The molecule has 3 rings (SSSR count). The Morgan fingerprint density at radius 3 is 2.80 bits per heavy atom. The summed E-state index contributed by atoms with van der Waals surface area (Å²) in [6, 6.07) is 10.7. The first-order valence-corrected chi connectivity index (χ1v) is 7.98. The summed E-state index contributed by atoms with van der Waals surface area (Å²) in [7, 11) is 0. The molecule has 0 aliphatic rings. The predicted molar refractivity (Wildman–Crippen MR) is 92.9 cm³/mol. The van der Waals surface area contributed by atoms with Crippen molar-refractivity contribution in [1.82, 2.24) is 9.88 Å². The van der Waals surface area contributed by atoms with Crippen molar-refractivity contribution in [2.75, 3.05) is 11.9 Å². The van der Waals surface area contributed by atoms with Crippen LogP contribution >= 0.6 is 0 Å². The number of carbonyl (C=O) groups excluding carboxylic acids is 2. The molecular formula is C18H19N3O4. The van der Waals surface area contributed by atoms with E-state index in [-0.39, 0.29) is 6.54 Å². The number of aliphatic hydroxyl groups is 1. The van der Waals surface area contributed by atoms with E-state index in [0.717, 1.165) is 17.4 Å². The summed E-state index contributed by atoms with van der Waals surface area (Å²) in [5.41, 5.74) is 1.52. The summed E-state index contributed by atoms with van der Waals surface area (Å²) in [6.07, 6.45) is 2.39. The third-order valence-electron chi connectivity index (χ3n) is 3.91. The Balaban J connectivity index is 1.60. The summed E-state index contributed by atoms with van der Waals surface area (Å²) in [4.78, 5) is 23.9. The fourth-order valence-electron chi connectivity index (χ4n) is 2.58. The fraction of sp³-hybridized carbons (Fsp3) is 0.222. The number of anilines is 1. The average molecular weight is 341 g/mol. The van der Waals surface area contributed by atoms with Crippen LogP contribution in [0, 0.1) is 0 Å². The normalized spacial score (nSPS) is 12.1. The maximum atomic E-state index is 12.0. The van der Waals surface area contributed by atoms with Crippen molar-refractivity contribution in [2.45, 2.75) is 19.6 Å². The van der Waals surface area contributed by atoms with Gasteiger partial charge in [-0.15, -0.1) is 0 Å². The number of aromatic nitrogens is 1. The van der Waals surface area contributed by atoms with Crippen LogP contribution in [-0.2, 0) is 16.1 Å². The van der Waals surface area contributed by atoms with Crippen LogP contribution in [0.25, 0.3) is 10.9 Å². The Hall–Kier alpha value is -3.06. The van der Waals surface area contributed by atoms with Gasteiger partial charge in [-0.2, -0.15) is 0 Å². The predicted octanol–water partition coefficient (Wildman–Crippen LogP) is 2.04. The van der Waals surface area contributed by atoms with Gasteiger partial charge in [0.15, 0.2) is 0 Å². The second-order valence-corrected chi connectivity index (χ2v) is 5.57. The second-order valence-electron chi connectivity index (χ2n) is 5.57. The van der Waals surface area contributed by atoms with Crippen LogP contribution in [0.4, 0.5) is 5.69 Å². The van der Waals surface area contributed by atoms with Gasteiger partial charge in [-0.05, 0) is 42.6 Å².